The predicted octanol–water partition coefficient (Wildman–Crippen LogP) is 4.88. The number of carbonyl (C=O) groups excluding carboxylic acids is 1. The molecule has 0 saturated carbocycles. The highest BCUT2D eigenvalue weighted by Gasteiger charge is 2.34. The van der Waals surface area contributed by atoms with Crippen LogP contribution in [0.3, 0.4) is 0 Å². The Labute approximate surface area is 194 Å². The molecule has 1 unspecified atom stereocenters. The quantitative estimate of drug-likeness (QED) is 0.374. The second-order valence-corrected chi connectivity index (χ2v) is 8.23. The van der Waals surface area contributed by atoms with Crippen LogP contribution in [0.25, 0.3) is 0 Å². The highest BCUT2D eigenvalue weighted by Crippen LogP contribution is 2.24. The van der Waals surface area contributed by atoms with E-state index < -0.39 is 23.1 Å². The Balaban J connectivity index is 1.78. The van der Waals surface area contributed by atoms with E-state index in [0.29, 0.717) is 22.8 Å². The number of urea groups is 1. The predicted molar refractivity (Wildman–Crippen MR) is 120 cm³/mol. The van der Waals surface area contributed by atoms with Gasteiger partial charge in [0.05, 0.1) is 6.04 Å². The van der Waals surface area contributed by atoms with E-state index >= 15 is 0 Å². The summed E-state index contributed by atoms with van der Waals surface area (Å²) in [6, 6.07) is 7.13. The van der Waals surface area contributed by atoms with Crippen molar-refractivity contribution in [2.75, 3.05) is 30.3 Å². The highest BCUT2D eigenvalue weighted by atomic mass is 35.5. The number of piperazine rings is 1. The molecule has 7 nitrogen and oxygen atoms in total. The van der Waals surface area contributed by atoms with Crippen LogP contribution in [0.1, 0.15) is 13.8 Å². The molecule has 2 amide bonds. The number of nitrogens with one attached hydrogen (secondary N) is 2. The molecule has 0 bridgehead atoms. The van der Waals surface area contributed by atoms with Gasteiger partial charge in [-0.05, 0) is 30.2 Å². The first kappa shape index (κ1) is 24.2. The molecule has 3 rings (SSSR count). The number of guanidine groups is 1. The number of halogens is 4. The molecule has 0 spiro atoms. The topological polar surface area (TPSA) is 83.8 Å². The molecule has 0 radical (unpaired) electrons. The fraction of sp³-hybridized carbons (Fsp3) is 0.318. The lowest BCUT2D eigenvalue weighted by Crippen LogP contribution is -2.60. The summed E-state index contributed by atoms with van der Waals surface area (Å²) >= 11 is 5.87. The summed E-state index contributed by atoms with van der Waals surface area (Å²) in [5.41, 5.74) is -0.0283. The zero-order chi connectivity index (χ0) is 24.1. The van der Waals surface area contributed by atoms with E-state index in [1.807, 2.05) is 13.8 Å². The maximum Gasteiger partial charge on any atom is 0.321 e. The number of amides is 2. The molecular weight excluding hydrogens is 457 g/mol. The van der Waals surface area contributed by atoms with Gasteiger partial charge in [-0.3, -0.25) is 0 Å². The number of aliphatic imine (C=N–C) groups is 1. The van der Waals surface area contributed by atoms with Crippen molar-refractivity contribution in [3.8, 4) is 6.19 Å². The molecule has 2 N–H and O–H groups in total. The zero-order valence-electron chi connectivity index (χ0n) is 17.9. The van der Waals surface area contributed by atoms with Gasteiger partial charge >= 0.3 is 6.03 Å². The maximum atomic E-state index is 14.2. The minimum atomic E-state index is -1.15. The molecule has 2 aromatic carbocycles. The average Bonchev–Trinajstić information content (AvgIpc) is 2.76. The summed E-state index contributed by atoms with van der Waals surface area (Å²) in [7, 11) is 0. The maximum absolute atomic E-state index is 14.2. The van der Waals surface area contributed by atoms with E-state index in [4.69, 9.17) is 16.9 Å². The van der Waals surface area contributed by atoms with Crippen molar-refractivity contribution in [1.29, 1.82) is 5.26 Å². The van der Waals surface area contributed by atoms with Crippen LogP contribution in [0.4, 0.5) is 29.3 Å². The SMILES string of the molecule is CC(C)C1CN(C(=O)Nc2ccc(Cl)cc2)CCN1/C(=N/C#N)Nc1c(F)cc(F)cc1F. The van der Waals surface area contributed by atoms with Gasteiger partial charge < -0.3 is 20.4 Å². The summed E-state index contributed by atoms with van der Waals surface area (Å²) in [5.74, 6) is -3.46. The van der Waals surface area contributed by atoms with Crippen LogP contribution < -0.4 is 10.6 Å². The van der Waals surface area contributed by atoms with Crippen LogP contribution >= 0.6 is 11.6 Å². The van der Waals surface area contributed by atoms with Crippen LogP contribution in [-0.4, -0.2) is 47.5 Å². The number of carbonyl (C=O) groups is 1. The molecule has 11 heteroatoms. The number of nitrogens with zero attached hydrogens (tertiary/aromatic N) is 4. The monoisotopic (exact) mass is 478 g/mol. The zero-order valence-corrected chi connectivity index (χ0v) is 18.7. The number of benzene rings is 2. The van der Waals surface area contributed by atoms with Crippen molar-refractivity contribution in [2.24, 2.45) is 10.9 Å². The summed E-state index contributed by atoms with van der Waals surface area (Å²) in [5, 5.41) is 15.0. The van der Waals surface area contributed by atoms with Gasteiger partial charge in [-0.1, -0.05) is 25.4 Å². The van der Waals surface area contributed by atoms with E-state index in [2.05, 4.69) is 15.6 Å². The third kappa shape index (κ3) is 5.87. The van der Waals surface area contributed by atoms with Gasteiger partial charge in [-0.2, -0.15) is 5.26 Å². The Morgan fingerprint density at radius 1 is 1.15 bits per heavy atom. The van der Waals surface area contributed by atoms with E-state index in [1.54, 1.807) is 40.3 Å². The largest absolute Gasteiger partial charge is 0.335 e. The molecule has 174 valence electrons. The second-order valence-electron chi connectivity index (χ2n) is 7.79. The normalized spacial score (nSPS) is 16.5. The van der Waals surface area contributed by atoms with Crippen molar-refractivity contribution >= 4 is 35.0 Å². The first-order valence-corrected chi connectivity index (χ1v) is 10.5. The van der Waals surface area contributed by atoms with E-state index in [0.717, 1.165) is 0 Å². The van der Waals surface area contributed by atoms with E-state index in [-0.39, 0.29) is 43.6 Å². The molecule has 1 heterocycles. The summed E-state index contributed by atoms with van der Waals surface area (Å²) in [4.78, 5) is 19.8. The molecule has 0 aliphatic carbocycles. The molecule has 1 atom stereocenters. The van der Waals surface area contributed by atoms with Crippen molar-refractivity contribution in [3.05, 3.63) is 58.9 Å². The minimum Gasteiger partial charge on any atom is -0.335 e. The van der Waals surface area contributed by atoms with Crippen molar-refractivity contribution < 1.29 is 18.0 Å². The first-order valence-electron chi connectivity index (χ1n) is 10.2. The Kier molecular flexibility index (Phi) is 7.66. The molecule has 0 aromatic heterocycles. The number of anilines is 2. The summed E-state index contributed by atoms with van der Waals surface area (Å²) in [6.07, 6.45) is 1.63. The molecule has 33 heavy (non-hydrogen) atoms. The van der Waals surface area contributed by atoms with Crippen molar-refractivity contribution in [2.45, 2.75) is 19.9 Å². The van der Waals surface area contributed by atoms with Crippen LogP contribution in [0.2, 0.25) is 5.02 Å². The number of rotatable bonds is 3. The van der Waals surface area contributed by atoms with Crippen LogP contribution in [0, 0.1) is 34.8 Å². The minimum absolute atomic E-state index is 0.00950. The molecule has 1 aliphatic heterocycles. The molecule has 1 aliphatic rings. The average molecular weight is 479 g/mol. The summed E-state index contributed by atoms with van der Waals surface area (Å²) in [6.45, 7) is 4.62. The number of nitriles is 1. The lowest BCUT2D eigenvalue weighted by Gasteiger charge is -2.44. The molecule has 1 fully saturated rings. The Morgan fingerprint density at radius 3 is 2.36 bits per heavy atom. The Bertz CT molecular complexity index is 1060. The lowest BCUT2D eigenvalue weighted by molar-refractivity contribution is 0.120. The third-order valence-corrected chi connectivity index (χ3v) is 5.49. The van der Waals surface area contributed by atoms with Gasteiger partial charge in [0, 0.05) is 42.5 Å². The number of hydrogen-bond donors (Lipinski definition) is 2. The second kappa shape index (κ2) is 10.4. The smallest absolute Gasteiger partial charge is 0.321 e. The van der Waals surface area contributed by atoms with Gasteiger partial charge in [0.15, 0.2) is 11.6 Å². The first-order chi connectivity index (χ1) is 15.7. The lowest BCUT2D eigenvalue weighted by atomic mass is 10.00. The van der Waals surface area contributed by atoms with Gasteiger partial charge in [0.25, 0.3) is 0 Å². The van der Waals surface area contributed by atoms with Crippen LogP contribution in [0.5, 0.6) is 0 Å². The van der Waals surface area contributed by atoms with Gasteiger partial charge in [0.1, 0.15) is 11.5 Å². The Hall–Kier alpha value is -3.45. The summed E-state index contributed by atoms with van der Waals surface area (Å²) < 4.78 is 41.6. The van der Waals surface area contributed by atoms with E-state index in [1.165, 1.54) is 0 Å². The highest BCUT2D eigenvalue weighted by molar-refractivity contribution is 6.30. The van der Waals surface area contributed by atoms with Crippen LogP contribution in [-0.2, 0) is 0 Å². The molecule has 1 saturated heterocycles. The number of hydrogen-bond acceptors (Lipinski definition) is 3. The fourth-order valence-electron chi connectivity index (χ4n) is 3.55. The van der Waals surface area contributed by atoms with E-state index in [9.17, 15) is 18.0 Å². The van der Waals surface area contributed by atoms with Gasteiger partial charge in [-0.15, -0.1) is 4.99 Å². The van der Waals surface area contributed by atoms with Crippen molar-refractivity contribution in [1.82, 2.24) is 9.80 Å². The van der Waals surface area contributed by atoms with Crippen LogP contribution in [0.15, 0.2) is 41.4 Å². The standard InChI is InChI=1S/C22H22ClF3N6O/c1-13(2)19-11-31(22(33)29-16-5-3-14(23)4-6-16)7-8-32(19)21(28-12-27)30-20-17(25)9-15(24)10-18(20)26/h3-6,9-10,13,19H,7-8,11H2,1-2H3,(H,28,30)(H,29,33). The molecular formula is C22H22ClF3N6O. The van der Waals surface area contributed by atoms with Gasteiger partial charge in [0.2, 0.25) is 12.2 Å². The van der Waals surface area contributed by atoms with Crippen molar-refractivity contribution in [3.63, 3.8) is 0 Å². The molecule has 2 aromatic rings. The Morgan fingerprint density at radius 2 is 1.79 bits per heavy atom. The van der Waals surface area contributed by atoms with Gasteiger partial charge in [-0.25, -0.2) is 18.0 Å². The third-order valence-electron chi connectivity index (χ3n) is 5.24. The fourth-order valence-corrected chi connectivity index (χ4v) is 3.67.